The van der Waals surface area contributed by atoms with Crippen LogP contribution in [0, 0.1) is 0 Å². The zero-order valence-corrected chi connectivity index (χ0v) is 12.7. The van der Waals surface area contributed by atoms with Crippen LogP contribution in [-0.4, -0.2) is 21.0 Å². The molecular formula is C19H18N2O2. The van der Waals surface area contributed by atoms with E-state index < -0.39 is 5.97 Å². The van der Waals surface area contributed by atoms with Crippen molar-refractivity contribution >= 4 is 5.97 Å². The van der Waals surface area contributed by atoms with Crippen LogP contribution in [0.25, 0.3) is 11.1 Å². The Labute approximate surface area is 134 Å². The number of hydrogen-bond acceptors (Lipinski definition) is 2. The summed E-state index contributed by atoms with van der Waals surface area (Å²) in [4.78, 5) is 17.7. The van der Waals surface area contributed by atoms with Crippen molar-refractivity contribution in [2.24, 2.45) is 0 Å². The number of aryl methyl sites for hydroxylation is 2. The molecule has 0 saturated heterocycles. The Morgan fingerprint density at radius 3 is 2.30 bits per heavy atom. The number of rotatable bonds is 6. The zero-order chi connectivity index (χ0) is 16.1. The predicted octanol–water partition coefficient (Wildman–Crippen LogP) is 3.95. The summed E-state index contributed by atoms with van der Waals surface area (Å²) < 4.78 is 0. The number of aromatic nitrogens is 2. The lowest BCUT2D eigenvalue weighted by Gasteiger charge is -2.04. The number of carbonyl (C=O) groups is 1. The lowest BCUT2D eigenvalue weighted by atomic mass is 10.0. The molecule has 2 N–H and O–H groups in total. The van der Waals surface area contributed by atoms with Crippen molar-refractivity contribution in [2.75, 3.05) is 0 Å². The molecule has 1 heterocycles. The molecule has 0 atom stereocenters. The average Bonchev–Trinajstić information content (AvgIpc) is 3.06. The van der Waals surface area contributed by atoms with Crippen molar-refractivity contribution in [2.45, 2.75) is 19.3 Å². The number of H-pyrrole nitrogens is 1. The maximum Gasteiger partial charge on any atom is 0.353 e. The summed E-state index contributed by atoms with van der Waals surface area (Å²) in [6, 6.07) is 18.9. The number of aromatic amines is 1. The van der Waals surface area contributed by atoms with E-state index in [0.717, 1.165) is 25.1 Å². The maximum atomic E-state index is 10.8. The summed E-state index contributed by atoms with van der Waals surface area (Å²) in [5.41, 5.74) is 3.85. The molecule has 0 amide bonds. The highest BCUT2D eigenvalue weighted by Gasteiger charge is 2.07. The lowest BCUT2D eigenvalue weighted by molar-refractivity contribution is 0.0691. The molecule has 3 rings (SSSR count). The molecule has 0 saturated carbocycles. The number of carboxylic acid groups (broad SMARTS) is 1. The Balaban J connectivity index is 1.55. The molecule has 3 aromatic rings. The van der Waals surface area contributed by atoms with Crippen LogP contribution in [0.15, 0.2) is 60.8 Å². The number of nitrogens with one attached hydrogen (secondary N) is 1. The van der Waals surface area contributed by atoms with Gasteiger partial charge in [-0.1, -0.05) is 54.6 Å². The summed E-state index contributed by atoms with van der Waals surface area (Å²) in [5, 5.41) is 8.85. The third-order valence-electron chi connectivity index (χ3n) is 3.80. The molecule has 4 nitrogen and oxygen atoms in total. The van der Waals surface area contributed by atoms with E-state index in [9.17, 15) is 4.79 Å². The number of aromatic carboxylic acids is 1. The summed E-state index contributed by atoms with van der Waals surface area (Å²) in [7, 11) is 0. The molecule has 4 heteroatoms. The van der Waals surface area contributed by atoms with Crippen molar-refractivity contribution in [1.29, 1.82) is 0 Å². The first-order valence-corrected chi connectivity index (χ1v) is 7.64. The zero-order valence-electron chi connectivity index (χ0n) is 12.7. The van der Waals surface area contributed by atoms with Crippen LogP contribution in [0.1, 0.15) is 28.3 Å². The van der Waals surface area contributed by atoms with Crippen molar-refractivity contribution < 1.29 is 9.90 Å². The van der Waals surface area contributed by atoms with Crippen molar-refractivity contribution in [3.05, 3.63) is 77.9 Å². The quantitative estimate of drug-likeness (QED) is 0.724. The third-order valence-corrected chi connectivity index (χ3v) is 3.80. The van der Waals surface area contributed by atoms with Crippen molar-refractivity contribution in [3.8, 4) is 11.1 Å². The van der Waals surface area contributed by atoms with E-state index in [-0.39, 0.29) is 5.69 Å². The third kappa shape index (κ3) is 3.86. The van der Waals surface area contributed by atoms with Crippen LogP contribution in [0.5, 0.6) is 0 Å². The van der Waals surface area contributed by atoms with Gasteiger partial charge >= 0.3 is 5.97 Å². The molecule has 1 aromatic heterocycles. The second-order valence-electron chi connectivity index (χ2n) is 5.47. The predicted molar refractivity (Wildman–Crippen MR) is 89.5 cm³/mol. The van der Waals surface area contributed by atoms with Gasteiger partial charge in [-0.15, -0.1) is 0 Å². The van der Waals surface area contributed by atoms with Gasteiger partial charge < -0.3 is 10.1 Å². The van der Waals surface area contributed by atoms with Crippen LogP contribution in [0.4, 0.5) is 0 Å². The highest BCUT2D eigenvalue weighted by molar-refractivity contribution is 5.84. The summed E-state index contributed by atoms with van der Waals surface area (Å²) in [6.07, 6.45) is 3.98. The second kappa shape index (κ2) is 6.92. The largest absolute Gasteiger partial charge is 0.477 e. The molecule has 116 valence electrons. The Morgan fingerprint density at radius 1 is 0.957 bits per heavy atom. The van der Waals surface area contributed by atoms with Gasteiger partial charge in [-0.25, -0.2) is 9.78 Å². The fourth-order valence-electron chi connectivity index (χ4n) is 2.55. The van der Waals surface area contributed by atoms with Gasteiger partial charge in [0.2, 0.25) is 0 Å². The standard InChI is InChI=1S/C19H18N2O2/c22-19(23)17-13-20-18(21-17)8-4-5-14-9-11-16(12-10-14)15-6-2-1-3-7-15/h1-3,6-7,9-13H,4-5,8H2,(H,20,21)(H,22,23). The first kappa shape index (κ1) is 15.0. The van der Waals surface area contributed by atoms with E-state index in [4.69, 9.17) is 5.11 Å². The van der Waals surface area contributed by atoms with Crippen molar-refractivity contribution in [3.63, 3.8) is 0 Å². The normalized spacial score (nSPS) is 10.6. The Bertz CT molecular complexity index is 777. The molecule has 0 fully saturated rings. The average molecular weight is 306 g/mol. The van der Waals surface area contributed by atoms with Gasteiger partial charge in [-0.2, -0.15) is 0 Å². The number of nitrogens with zero attached hydrogens (tertiary/aromatic N) is 1. The summed E-state index contributed by atoms with van der Waals surface area (Å²) >= 11 is 0. The van der Waals surface area contributed by atoms with Gasteiger partial charge in [0.1, 0.15) is 11.5 Å². The van der Waals surface area contributed by atoms with E-state index in [0.29, 0.717) is 0 Å². The van der Waals surface area contributed by atoms with E-state index in [1.807, 2.05) is 18.2 Å². The Morgan fingerprint density at radius 2 is 1.65 bits per heavy atom. The van der Waals surface area contributed by atoms with E-state index >= 15 is 0 Å². The number of imidazole rings is 1. The minimum atomic E-state index is -0.972. The number of benzene rings is 2. The highest BCUT2D eigenvalue weighted by Crippen LogP contribution is 2.19. The number of hydrogen-bond donors (Lipinski definition) is 2. The smallest absolute Gasteiger partial charge is 0.353 e. The fraction of sp³-hybridized carbons (Fsp3) is 0.158. The first-order chi connectivity index (χ1) is 11.2. The molecule has 2 aromatic carbocycles. The summed E-state index contributed by atoms with van der Waals surface area (Å²) in [6.45, 7) is 0. The first-order valence-electron chi connectivity index (χ1n) is 7.64. The summed E-state index contributed by atoms with van der Waals surface area (Å²) in [5.74, 6) is -0.247. The van der Waals surface area contributed by atoms with E-state index in [1.165, 1.54) is 22.9 Å². The van der Waals surface area contributed by atoms with Gasteiger partial charge in [0.25, 0.3) is 0 Å². The van der Waals surface area contributed by atoms with Crippen LogP contribution in [-0.2, 0) is 12.8 Å². The molecule has 0 aliphatic carbocycles. The van der Waals surface area contributed by atoms with Crippen LogP contribution < -0.4 is 0 Å². The van der Waals surface area contributed by atoms with Gasteiger partial charge in [0.05, 0.1) is 6.20 Å². The second-order valence-corrected chi connectivity index (χ2v) is 5.47. The van der Waals surface area contributed by atoms with Crippen molar-refractivity contribution in [1.82, 2.24) is 9.97 Å². The minimum absolute atomic E-state index is 0.146. The van der Waals surface area contributed by atoms with Crippen LogP contribution in [0.3, 0.4) is 0 Å². The highest BCUT2D eigenvalue weighted by atomic mass is 16.4. The van der Waals surface area contributed by atoms with E-state index in [2.05, 4.69) is 46.4 Å². The topological polar surface area (TPSA) is 66.0 Å². The molecule has 0 bridgehead atoms. The Kier molecular flexibility index (Phi) is 4.52. The maximum absolute atomic E-state index is 10.8. The molecule has 0 aliphatic rings. The van der Waals surface area contributed by atoms with E-state index in [1.54, 1.807) is 0 Å². The molecule has 0 unspecified atom stereocenters. The molecule has 0 aliphatic heterocycles. The van der Waals surface area contributed by atoms with Gasteiger partial charge in [0.15, 0.2) is 0 Å². The molecule has 0 spiro atoms. The monoisotopic (exact) mass is 306 g/mol. The fourth-order valence-corrected chi connectivity index (χ4v) is 2.55. The SMILES string of the molecule is O=C(O)c1cnc(CCCc2ccc(-c3ccccc3)cc2)[nH]1. The van der Waals surface area contributed by atoms with Gasteiger partial charge in [0, 0.05) is 6.42 Å². The van der Waals surface area contributed by atoms with Crippen LogP contribution in [0.2, 0.25) is 0 Å². The molecular weight excluding hydrogens is 288 g/mol. The molecule has 0 radical (unpaired) electrons. The Hall–Kier alpha value is -2.88. The number of carboxylic acids is 1. The van der Waals surface area contributed by atoms with Gasteiger partial charge in [-0.05, 0) is 29.5 Å². The molecule has 23 heavy (non-hydrogen) atoms. The minimum Gasteiger partial charge on any atom is -0.477 e. The van der Waals surface area contributed by atoms with Crippen LogP contribution >= 0.6 is 0 Å². The lowest BCUT2D eigenvalue weighted by Crippen LogP contribution is -1.97. The van der Waals surface area contributed by atoms with Gasteiger partial charge in [-0.3, -0.25) is 0 Å².